The fourth-order valence-corrected chi connectivity index (χ4v) is 6.77. The molecule has 0 spiro atoms. The first-order valence-electron chi connectivity index (χ1n) is 14.3. The molecule has 0 fully saturated rings. The normalized spacial score (nSPS) is 12.2. The Bertz CT molecular complexity index is 2690. The van der Waals surface area contributed by atoms with Gasteiger partial charge in [0, 0.05) is 43.3 Å². The summed E-state index contributed by atoms with van der Waals surface area (Å²) in [5.41, 5.74) is 8.04. The van der Waals surface area contributed by atoms with Gasteiger partial charge < -0.3 is 8.83 Å². The SMILES string of the molecule is c1ccc2c(-c3cccc4oc5c(ccc6c7ccccc7oc65)c34)nc(-n3c4ccccc4c4ccccc43)nc2c1. The third kappa shape index (κ3) is 3.05. The van der Waals surface area contributed by atoms with Gasteiger partial charge in [0.25, 0.3) is 0 Å². The van der Waals surface area contributed by atoms with E-state index in [1.165, 1.54) is 10.8 Å². The van der Waals surface area contributed by atoms with Crippen LogP contribution in [0.3, 0.4) is 0 Å². The topological polar surface area (TPSA) is 57.0 Å². The molecule has 0 aliphatic carbocycles. The lowest BCUT2D eigenvalue weighted by molar-refractivity contribution is 0.633. The zero-order chi connectivity index (χ0) is 28.1. The Kier molecular flexibility index (Phi) is 4.39. The fraction of sp³-hybridized carbons (Fsp3) is 0. The van der Waals surface area contributed by atoms with Gasteiger partial charge in [-0.15, -0.1) is 0 Å². The summed E-state index contributed by atoms with van der Waals surface area (Å²) in [5, 5.41) is 7.47. The van der Waals surface area contributed by atoms with Crippen LogP contribution in [0, 0.1) is 0 Å². The maximum atomic E-state index is 6.54. The number of benzene rings is 6. The Labute approximate surface area is 244 Å². The summed E-state index contributed by atoms with van der Waals surface area (Å²) in [4.78, 5) is 10.4. The fourth-order valence-electron chi connectivity index (χ4n) is 6.77. The molecule has 4 heterocycles. The molecule has 10 rings (SSSR count). The summed E-state index contributed by atoms with van der Waals surface area (Å²) in [7, 11) is 0. The van der Waals surface area contributed by atoms with Crippen molar-refractivity contribution < 1.29 is 8.83 Å². The highest BCUT2D eigenvalue weighted by Gasteiger charge is 2.21. The zero-order valence-corrected chi connectivity index (χ0v) is 22.8. The molecule has 10 aromatic rings. The van der Waals surface area contributed by atoms with Gasteiger partial charge >= 0.3 is 0 Å². The van der Waals surface area contributed by atoms with Crippen LogP contribution >= 0.6 is 0 Å². The van der Waals surface area contributed by atoms with E-state index in [1.54, 1.807) is 0 Å². The molecular formula is C38H21N3O2. The van der Waals surface area contributed by atoms with Crippen molar-refractivity contribution in [2.45, 2.75) is 0 Å². The maximum absolute atomic E-state index is 6.54. The molecule has 200 valence electrons. The van der Waals surface area contributed by atoms with Crippen LogP contribution in [0.15, 0.2) is 136 Å². The second kappa shape index (κ2) is 8.30. The minimum absolute atomic E-state index is 0.635. The first-order chi connectivity index (χ1) is 21.3. The van der Waals surface area contributed by atoms with E-state index in [4.69, 9.17) is 18.8 Å². The minimum atomic E-state index is 0.635. The van der Waals surface area contributed by atoms with E-state index in [9.17, 15) is 0 Å². The molecule has 6 aromatic carbocycles. The van der Waals surface area contributed by atoms with Crippen molar-refractivity contribution >= 4 is 76.6 Å². The molecule has 0 saturated heterocycles. The third-order valence-corrected chi connectivity index (χ3v) is 8.64. The standard InChI is InChI=1S/C38H21N3O2/c1-5-15-29-26(13-1)35(40-38(39-29)41-30-16-6-2-10-22(30)23-11-3-7-17-31(23)41)27-14-9-19-33-34(27)28-21-20-25-24-12-4-8-18-32(24)42-36(25)37(28)43-33/h1-21H. The average molecular weight is 552 g/mol. The van der Waals surface area contributed by atoms with E-state index in [1.807, 2.05) is 42.5 Å². The first-order valence-corrected chi connectivity index (χ1v) is 14.3. The molecule has 0 N–H and O–H groups in total. The van der Waals surface area contributed by atoms with Gasteiger partial charge in [0.2, 0.25) is 5.95 Å². The van der Waals surface area contributed by atoms with Gasteiger partial charge in [-0.25, -0.2) is 9.97 Å². The molecule has 0 aliphatic rings. The van der Waals surface area contributed by atoms with Crippen LogP contribution in [0.25, 0.3) is 93.8 Å². The smallest absolute Gasteiger partial charge is 0.235 e. The zero-order valence-electron chi connectivity index (χ0n) is 22.8. The van der Waals surface area contributed by atoms with Gasteiger partial charge in [-0.1, -0.05) is 84.9 Å². The number of nitrogens with zero attached hydrogens (tertiary/aromatic N) is 3. The predicted octanol–water partition coefficient (Wildman–Crippen LogP) is 10.2. The molecule has 0 saturated carbocycles. The van der Waals surface area contributed by atoms with E-state index in [0.29, 0.717) is 5.95 Å². The molecule has 0 atom stereocenters. The number of hydrogen-bond donors (Lipinski definition) is 0. The molecule has 0 bridgehead atoms. The monoisotopic (exact) mass is 551 g/mol. The predicted molar refractivity (Wildman–Crippen MR) is 174 cm³/mol. The molecule has 0 unspecified atom stereocenters. The highest BCUT2D eigenvalue weighted by Crippen LogP contribution is 2.43. The van der Waals surface area contributed by atoms with Crippen LogP contribution in [-0.2, 0) is 0 Å². The number of rotatable bonds is 2. The van der Waals surface area contributed by atoms with Crippen LogP contribution in [0.4, 0.5) is 0 Å². The van der Waals surface area contributed by atoms with Gasteiger partial charge in [-0.2, -0.15) is 0 Å². The second-order valence-corrected chi connectivity index (χ2v) is 11.0. The Morgan fingerprint density at radius 3 is 1.86 bits per heavy atom. The van der Waals surface area contributed by atoms with E-state index in [2.05, 4.69) is 89.5 Å². The Morgan fingerprint density at radius 2 is 1.05 bits per heavy atom. The van der Waals surface area contributed by atoms with Crippen molar-refractivity contribution in [3.8, 4) is 17.2 Å². The Morgan fingerprint density at radius 1 is 0.442 bits per heavy atom. The van der Waals surface area contributed by atoms with Gasteiger partial charge in [0.15, 0.2) is 11.2 Å². The molecule has 5 nitrogen and oxygen atoms in total. The molecule has 4 aromatic heterocycles. The second-order valence-electron chi connectivity index (χ2n) is 11.0. The van der Waals surface area contributed by atoms with Crippen molar-refractivity contribution in [2.24, 2.45) is 0 Å². The van der Waals surface area contributed by atoms with Gasteiger partial charge in [-0.05, 0) is 42.5 Å². The van der Waals surface area contributed by atoms with Gasteiger partial charge in [-0.3, -0.25) is 4.57 Å². The lowest BCUT2D eigenvalue weighted by Gasteiger charge is -2.12. The molecule has 0 aliphatic heterocycles. The number of hydrogen-bond acceptors (Lipinski definition) is 4. The molecular weight excluding hydrogens is 530 g/mol. The maximum Gasteiger partial charge on any atom is 0.235 e. The van der Waals surface area contributed by atoms with E-state index < -0.39 is 0 Å². The molecule has 0 radical (unpaired) electrons. The highest BCUT2D eigenvalue weighted by atomic mass is 16.4. The molecule has 43 heavy (non-hydrogen) atoms. The first kappa shape index (κ1) is 22.7. The van der Waals surface area contributed by atoms with Crippen molar-refractivity contribution in [3.05, 3.63) is 127 Å². The number of para-hydroxylation sites is 4. The van der Waals surface area contributed by atoms with Crippen LogP contribution in [0.5, 0.6) is 0 Å². The van der Waals surface area contributed by atoms with Crippen molar-refractivity contribution in [3.63, 3.8) is 0 Å². The molecule has 0 amide bonds. The summed E-state index contributed by atoms with van der Waals surface area (Å²) < 4.78 is 15.1. The number of furan rings is 2. The molecule has 5 heteroatoms. The highest BCUT2D eigenvalue weighted by molar-refractivity contribution is 6.22. The number of fused-ring (bicyclic) bond motifs is 11. The summed E-state index contributed by atoms with van der Waals surface area (Å²) in [6.07, 6.45) is 0. The summed E-state index contributed by atoms with van der Waals surface area (Å²) in [6, 6.07) is 43.7. The lowest BCUT2D eigenvalue weighted by Crippen LogP contribution is -2.03. The largest absolute Gasteiger partial charge is 0.452 e. The Hall–Kier alpha value is -5.94. The summed E-state index contributed by atoms with van der Waals surface area (Å²) >= 11 is 0. The van der Waals surface area contributed by atoms with Gasteiger partial charge in [0.1, 0.15) is 11.2 Å². The van der Waals surface area contributed by atoms with Crippen molar-refractivity contribution in [1.82, 2.24) is 14.5 Å². The van der Waals surface area contributed by atoms with E-state index in [0.717, 1.165) is 77.1 Å². The lowest BCUT2D eigenvalue weighted by atomic mass is 10.00. The van der Waals surface area contributed by atoms with Crippen LogP contribution < -0.4 is 0 Å². The van der Waals surface area contributed by atoms with Crippen molar-refractivity contribution in [1.29, 1.82) is 0 Å². The quantitative estimate of drug-likeness (QED) is 0.214. The number of aromatic nitrogens is 3. The average Bonchev–Trinajstić information content (AvgIpc) is 3.74. The van der Waals surface area contributed by atoms with E-state index >= 15 is 0 Å². The van der Waals surface area contributed by atoms with Crippen LogP contribution in [0.2, 0.25) is 0 Å². The van der Waals surface area contributed by atoms with Crippen LogP contribution in [-0.4, -0.2) is 14.5 Å². The van der Waals surface area contributed by atoms with E-state index in [-0.39, 0.29) is 0 Å². The van der Waals surface area contributed by atoms with Crippen molar-refractivity contribution in [2.75, 3.05) is 0 Å². The van der Waals surface area contributed by atoms with Gasteiger partial charge in [0.05, 0.1) is 22.2 Å². The van der Waals surface area contributed by atoms with Crippen LogP contribution in [0.1, 0.15) is 0 Å². The summed E-state index contributed by atoms with van der Waals surface area (Å²) in [6.45, 7) is 0. The Balaban J connectivity index is 1.32. The minimum Gasteiger partial charge on any atom is -0.452 e. The third-order valence-electron chi connectivity index (χ3n) is 8.64. The summed E-state index contributed by atoms with van der Waals surface area (Å²) in [5.74, 6) is 0.635.